The molecule has 0 aromatic carbocycles. The molecular formula is C10H11ClO2Si. The minimum Gasteiger partial charge on any atom is -0.414 e. The molecule has 1 aromatic rings. The average molecular weight is 227 g/mol. The molecule has 0 radical (unpaired) electrons. The normalized spacial score (nSPS) is 10.6. The Hall–Kier alpha value is -0.983. The van der Waals surface area contributed by atoms with Crippen molar-refractivity contribution in [2.75, 3.05) is 0 Å². The van der Waals surface area contributed by atoms with Crippen molar-refractivity contribution in [1.82, 2.24) is 0 Å². The van der Waals surface area contributed by atoms with Crippen LogP contribution < -0.4 is 5.63 Å². The highest BCUT2D eigenvalue weighted by Crippen LogP contribution is 2.07. The fourth-order valence-corrected chi connectivity index (χ4v) is 1.44. The Kier molecular flexibility index (Phi) is 3.20. The molecule has 0 bridgehead atoms. The van der Waals surface area contributed by atoms with Gasteiger partial charge in [0.1, 0.15) is 8.07 Å². The van der Waals surface area contributed by atoms with Crippen molar-refractivity contribution < 1.29 is 4.42 Å². The molecule has 2 nitrogen and oxygen atoms in total. The predicted molar refractivity (Wildman–Crippen MR) is 60.2 cm³/mol. The van der Waals surface area contributed by atoms with Crippen molar-refractivity contribution >= 4 is 19.7 Å². The summed E-state index contributed by atoms with van der Waals surface area (Å²) in [6.45, 7) is 6.34. The molecule has 14 heavy (non-hydrogen) atoms. The van der Waals surface area contributed by atoms with Crippen LogP contribution in [0.5, 0.6) is 0 Å². The van der Waals surface area contributed by atoms with Crippen molar-refractivity contribution in [3.63, 3.8) is 0 Å². The summed E-state index contributed by atoms with van der Waals surface area (Å²) < 4.78 is 4.86. The van der Waals surface area contributed by atoms with E-state index < -0.39 is 13.7 Å². The number of rotatable bonds is 0. The summed E-state index contributed by atoms with van der Waals surface area (Å²) in [4.78, 5) is 10.9. The first kappa shape index (κ1) is 11.1. The van der Waals surface area contributed by atoms with Gasteiger partial charge < -0.3 is 4.42 Å². The molecule has 1 aromatic heterocycles. The average Bonchev–Trinajstić information content (AvgIpc) is 1.97. The molecule has 1 rings (SSSR count). The lowest BCUT2D eigenvalue weighted by Gasteiger charge is -2.02. The Morgan fingerprint density at radius 3 is 2.50 bits per heavy atom. The van der Waals surface area contributed by atoms with E-state index in [-0.39, 0.29) is 0 Å². The van der Waals surface area contributed by atoms with Crippen molar-refractivity contribution in [1.29, 1.82) is 0 Å². The number of hydrogen-bond acceptors (Lipinski definition) is 2. The van der Waals surface area contributed by atoms with Gasteiger partial charge in [0.2, 0.25) is 0 Å². The summed E-state index contributed by atoms with van der Waals surface area (Å²) in [6.07, 6.45) is 0. The Morgan fingerprint density at radius 1 is 1.36 bits per heavy atom. The van der Waals surface area contributed by atoms with Crippen LogP contribution in [0.15, 0.2) is 21.3 Å². The molecule has 0 amide bonds. The minimum absolute atomic E-state index is 0.338. The van der Waals surface area contributed by atoms with E-state index in [0.29, 0.717) is 10.8 Å². The van der Waals surface area contributed by atoms with Crippen LogP contribution in [0.3, 0.4) is 0 Å². The highest BCUT2D eigenvalue weighted by atomic mass is 35.5. The topological polar surface area (TPSA) is 30.2 Å². The third-order valence-corrected chi connectivity index (χ3v) is 2.39. The number of halogens is 1. The van der Waals surface area contributed by atoms with Crippen LogP contribution >= 0.6 is 11.6 Å². The highest BCUT2D eigenvalue weighted by Gasteiger charge is 2.07. The Labute approximate surface area is 88.9 Å². The largest absolute Gasteiger partial charge is 0.414 e. The van der Waals surface area contributed by atoms with E-state index in [1.165, 1.54) is 6.07 Å². The van der Waals surface area contributed by atoms with E-state index >= 15 is 0 Å². The Morgan fingerprint density at radius 2 is 2.00 bits per heavy atom. The van der Waals surface area contributed by atoms with Crippen molar-refractivity contribution in [3.8, 4) is 11.5 Å². The quantitative estimate of drug-likeness (QED) is 0.503. The van der Waals surface area contributed by atoms with Gasteiger partial charge in [-0.1, -0.05) is 31.2 Å². The van der Waals surface area contributed by atoms with E-state index in [1.807, 2.05) is 0 Å². The molecule has 0 unspecified atom stereocenters. The van der Waals surface area contributed by atoms with Crippen molar-refractivity contribution in [2.24, 2.45) is 0 Å². The van der Waals surface area contributed by atoms with Crippen LogP contribution in [0.2, 0.25) is 24.7 Å². The maximum absolute atomic E-state index is 10.9. The lowest BCUT2D eigenvalue weighted by molar-refractivity contribution is 0.499. The summed E-state index contributed by atoms with van der Waals surface area (Å²) in [5.74, 6) is 3.16. The van der Waals surface area contributed by atoms with Crippen LogP contribution in [0, 0.1) is 11.5 Å². The van der Waals surface area contributed by atoms with Crippen LogP contribution in [0.4, 0.5) is 0 Å². The molecule has 1 heterocycles. The summed E-state index contributed by atoms with van der Waals surface area (Å²) in [5.41, 5.74) is 2.63. The van der Waals surface area contributed by atoms with Gasteiger partial charge in [-0.05, 0) is 5.92 Å². The molecule has 0 saturated carbocycles. The zero-order valence-electron chi connectivity index (χ0n) is 8.35. The molecule has 0 aliphatic heterocycles. The van der Waals surface area contributed by atoms with Gasteiger partial charge in [0.15, 0.2) is 5.76 Å². The molecule has 0 aliphatic carbocycles. The molecule has 0 aliphatic rings. The first-order valence-electron chi connectivity index (χ1n) is 4.21. The van der Waals surface area contributed by atoms with Crippen LogP contribution in [-0.2, 0) is 0 Å². The predicted octanol–water partition coefficient (Wildman–Crippen LogP) is 2.52. The standard InChI is InChI=1S/C10H11ClO2Si/c1-14(2,3)5-4-9-6-8(11)7-10(12)13-9/h6-7H,1-3H3. The van der Waals surface area contributed by atoms with E-state index in [1.54, 1.807) is 6.07 Å². The van der Waals surface area contributed by atoms with Crippen LogP contribution in [0.25, 0.3) is 0 Å². The zero-order valence-corrected chi connectivity index (χ0v) is 10.1. The minimum atomic E-state index is -1.44. The van der Waals surface area contributed by atoms with E-state index in [2.05, 4.69) is 31.1 Å². The summed E-state index contributed by atoms with van der Waals surface area (Å²) >= 11 is 5.68. The first-order chi connectivity index (χ1) is 6.37. The van der Waals surface area contributed by atoms with Gasteiger partial charge in [-0.3, -0.25) is 0 Å². The second kappa shape index (κ2) is 4.03. The van der Waals surface area contributed by atoms with Gasteiger partial charge in [-0.25, -0.2) is 4.79 Å². The number of hydrogen-bond donors (Lipinski definition) is 0. The Balaban J connectivity index is 3.08. The van der Waals surface area contributed by atoms with E-state index in [0.717, 1.165) is 0 Å². The van der Waals surface area contributed by atoms with Crippen LogP contribution in [0.1, 0.15) is 5.76 Å². The summed E-state index contributed by atoms with van der Waals surface area (Å²) in [5, 5.41) is 0.362. The maximum atomic E-state index is 10.9. The maximum Gasteiger partial charge on any atom is 0.338 e. The highest BCUT2D eigenvalue weighted by molar-refractivity contribution is 6.83. The SMILES string of the molecule is C[Si](C)(C)C#Cc1cc(Cl)cc(=O)o1. The fraction of sp³-hybridized carbons (Fsp3) is 0.300. The van der Waals surface area contributed by atoms with Gasteiger partial charge in [-0.2, -0.15) is 0 Å². The van der Waals surface area contributed by atoms with Gasteiger partial charge >= 0.3 is 5.63 Å². The molecule has 0 fully saturated rings. The molecule has 4 heteroatoms. The van der Waals surface area contributed by atoms with Crippen molar-refractivity contribution in [3.05, 3.63) is 33.3 Å². The lowest BCUT2D eigenvalue weighted by Crippen LogP contribution is -2.16. The second-order valence-corrected chi connectivity index (χ2v) is 9.15. The second-order valence-electron chi connectivity index (χ2n) is 3.96. The third kappa shape index (κ3) is 3.82. The molecule has 74 valence electrons. The molecular weight excluding hydrogens is 216 g/mol. The summed E-state index contributed by atoms with van der Waals surface area (Å²) in [6, 6.07) is 2.78. The first-order valence-corrected chi connectivity index (χ1v) is 8.08. The Bertz CT molecular complexity index is 446. The van der Waals surface area contributed by atoms with E-state index in [9.17, 15) is 4.79 Å². The van der Waals surface area contributed by atoms with Crippen molar-refractivity contribution in [2.45, 2.75) is 19.6 Å². The lowest BCUT2D eigenvalue weighted by atomic mass is 10.4. The molecule has 0 spiro atoms. The molecule has 0 atom stereocenters. The molecule has 0 saturated heterocycles. The monoisotopic (exact) mass is 226 g/mol. The van der Waals surface area contributed by atoms with Gasteiger partial charge in [0, 0.05) is 12.1 Å². The smallest absolute Gasteiger partial charge is 0.338 e. The third-order valence-electron chi connectivity index (χ3n) is 1.30. The summed E-state index contributed by atoms with van der Waals surface area (Å²) in [7, 11) is -1.44. The van der Waals surface area contributed by atoms with Crippen LogP contribution in [-0.4, -0.2) is 8.07 Å². The van der Waals surface area contributed by atoms with Gasteiger partial charge in [0.25, 0.3) is 0 Å². The van der Waals surface area contributed by atoms with E-state index in [4.69, 9.17) is 16.0 Å². The zero-order chi connectivity index (χ0) is 10.8. The fourth-order valence-electron chi connectivity index (χ4n) is 0.757. The molecule has 0 N–H and O–H groups in total. The van der Waals surface area contributed by atoms with Gasteiger partial charge in [-0.15, -0.1) is 5.54 Å². The van der Waals surface area contributed by atoms with Gasteiger partial charge in [0.05, 0.1) is 5.02 Å².